The van der Waals surface area contributed by atoms with Crippen LogP contribution in [0.25, 0.3) is 0 Å². The number of carbonyl (C=O) groups is 1. The van der Waals surface area contributed by atoms with Crippen molar-refractivity contribution in [1.29, 1.82) is 0 Å². The molecule has 0 aromatic carbocycles. The molecule has 0 saturated carbocycles. The Morgan fingerprint density at radius 3 is 2.40 bits per heavy atom. The molecular formula is C18H29N3O3S. The van der Waals surface area contributed by atoms with Gasteiger partial charge in [0.05, 0.1) is 29.0 Å². The topological polar surface area (TPSA) is 70.6 Å². The maximum Gasteiger partial charge on any atom is 0.255 e. The summed E-state index contributed by atoms with van der Waals surface area (Å²) >= 11 is 0. The fourth-order valence-corrected chi connectivity index (χ4v) is 5.11. The van der Waals surface area contributed by atoms with Crippen LogP contribution in [-0.4, -0.2) is 61.4 Å². The van der Waals surface area contributed by atoms with Crippen LogP contribution in [-0.2, 0) is 9.84 Å². The van der Waals surface area contributed by atoms with E-state index in [2.05, 4.69) is 23.7 Å². The summed E-state index contributed by atoms with van der Waals surface area (Å²) in [5.74, 6) is 0.102. The van der Waals surface area contributed by atoms with Gasteiger partial charge in [-0.3, -0.25) is 9.78 Å². The summed E-state index contributed by atoms with van der Waals surface area (Å²) in [7, 11) is -3.02. The summed E-state index contributed by atoms with van der Waals surface area (Å²) in [5.41, 5.74) is 1.48. The van der Waals surface area contributed by atoms with Gasteiger partial charge in [-0.25, -0.2) is 8.42 Å². The number of pyridine rings is 1. The van der Waals surface area contributed by atoms with Crippen LogP contribution in [0.5, 0.6) is 0 Å². The van der Waals surface area contributed by atoms with Gasteiger partial charge in [0, 0.05) is 31.9 Å². The van der Waals surface area contributed by atoms with Gasteiger partial charge in [0.2, 0.25) is 0 Å². The first-order valence-electron chi connectivity index (χ1n) is 9.13. The largest absolute Gasteiger partial charge is 0.370 e. The maximum atomic E-state index is 12.9. The SMILES string of the molecule is CCCN(CCC)c1cncc(C(=O)N(CC)C2CCS(=O)(=O)C2)c1. The third-order valence-corrected chi connectivity index (χ3v) is 6.32. The second-order valence-electron chi connectivity index (χ2n) is 6.57. The number of amides is 1. The molecule has 2 heterocycles. The Hall–Kier alpha value is -1.63. The highest BCUT2D eigenvalue weighted by Crippen LogP contribution is 2.22. The second kappa shape index (κ2) is 8.65. The zero-order valence-corrected chi connectivity index (χ0v) is 16.3. The number of carbonyl (C=O) groups excluding carboxylic acids is 1. The van der Waals surface area contributed by atoms with E-state index in [4.69, 9.17) is 0 Å². The van der Waals surface area contributed by atoms with Crippen LogP contribution in [0.1, 0.15) is 50.4 Å². The molecule has 25 heavy (non-hydrogen) atoms. The summed E-state index contributed by atoms with van der Waals surface area (Å²) in [4.78, 5) is 21.1. The van der Waals surface area contributed by atoms with E-state index in [1.54, 1.807) is 17.3 Å². The van der Waals surface area contributed by atoms with E-state index >= 15 is 0 Å². The Kier molecular flexibility index (Phi) is 6.81. The van der Waals surface area contributed by atoms with Crippen LogP contribution in [0.4, 0.5) is 5.69 Å². The Labute approximate surface area is 151 Å². The Morgan fingerprint density at radius 2 is 1.88 bits per heavy atom. The predicted molar refractivity (Wildman–Crippen MR) is 101 cm³/mol. The molecule has 1 aliphatic heterocycles. The smallest absolute Gasteiger partial charge is 0.255 e. The van der Waals surface area contributed by atoms with Crippen LogP contribution in [0.2, 0.25) is 0 Å². The van der Waals surface area contributed by atoms with E-state index in [-0.39, 0.29) is 23.5 Å². The van der Waals surface area contributed by atoms with Crippen LogP contribution in [0.15, 0.2) is 18.5 Å². The van der Waals surface area contributed by atoms with E-state index in [1.165, 1.54) is 0 Å². The average molecular weight is 368 g/mol. The van der Waals surface area contributed by atoms with E-state index in [0.717, 1.165) is 31.6 Å². The maximum absolute atomic E-state index is 12.9. The van der Waals surface area contributed by atoms with Crippen molar-refractivity contribution >= 4 is 21.4 Å². The van der Waals surface area contributed by atoms with Crippen molar-refractivity contribution in [3.63, 3.8) is 0 Å². The first kappa shape index (κ1) is 19.7. The highest BCUT2D eigenvalue weighted by Gasteiger charge is 2.34. The molecule has 1 aliphatic rings. The van der Waals surface area contributed by atoms with Gasteiger partial charge in [0.1, 0.15) is 0 Å². The minimum absolute atomic E-state index is 0.0670. The molecule has 2 rings (SSSR count). The predicted octanol–water partition coefficient (Wildman–Crippen LogP) is 2.36. The number of anilines is 1. The van der Waals surface area contributed by atoms with Crippen LogP contribution in [0, 0.1) is 0 Å². The van der Waals surface area contributed by atoms with E-state index in [0.29, 0.717) is 18.5 Å². The monoisotopic (exact) mass is 367 g/mol. The molecule has 1 fully saturated rings. The minimum Gasteiger partial charge on any atom is -0.370 e. The third-order valence-electron chi connectivity index (χ3n) is 4.57. The minimum atomic E-state index is -3.02. The van der Waals surface area contributed by atoms with Crippen LogP contribution >= 0.6 is 0 Å². The number of hydrogen-bond acceptors (Lipinski definition) is 5. The van der Waals surface area contributed by atoms with Crippen LogP contribution < -0.4 is 4.90 Å². The molecule has 1 atom stereocenters. The van der Waals surface area contributed by atoms with Crippen molar-refractivity contribution in [2.24, 2.45) is 0 Å². The summed E-state index contributed by atoms with van der Waals surface area (Å²) in [6.07, 6.45) is 5.94. The number of nitrogens with zero attached hydrogens (tertiary/aromatic N) is 3. The Balaban J connectivity index is 2.21. The number of aromatic nitrogens is 1. The molecule has 6 nitrogen and oxygen atoms in total. The summed E-state index contributed by atoms with van der Waals surface area (Å²) < 4.78 is 23.5. The fourth-order valence-electron chi connectivity index (χ4n) is 3.38. The fraction of sp³-hybridized carbons (Fsp3) is 0.667. The molecule has 0 spiro atoms. The Bertz CT molecular complexity index is 685. The van der Waals surface area contributed by atoms with E-state index in [9.17, 15) is 13.2 Å². The van der Waals surface area contributed by atoms with Gasteiger partial charge in [-0.2, -0.15) is 0 Å². The third kappa shape index (κ3) is 4.93. The average Bonchev–Trinajstić information content (AvgIpc) is 2.95. The second-order valence-corrected chi connectivity index (χ2v) is 8.80. The molecule has 1 saturated heterocycles. The summed E-state index contributed by atoms with van der Waals surface area (Å²) in [6.45, 7) is 8.49. The van der Waals surface area contributed by atoms with Gasteiger partial charge in [-0.15, -0.1) is 0 Å². The number of rotatable bonds is 8. The molecule has 7 heteroatoms. The van der Waals surface area contributed by atoms with E-state index in [1.807, 2.05) is 13.0 Å². The number of hydrogen-bond donors (Lipinski definition) is 0. The lowest BCUT2D eigenvalue weighted by atomic mass is 10.1. The van der Waals surface area contributed by atoms with Gasteiger partial charge in [0.25, 0.3) is 5.91 Å². The van der Waals surface area contributed by atoms with Crippen LogP contribution in [0.3, 0.4) is 0 Å². The van der Waals surface area contributed by atoms with Crippen molar-refractivity contribution in [1.82, 2.24) is 9.88 Å². The Morgan fingerprint density at radius 1 is 1.20 bits per heavy atom. The van der Waals surface area contributed by atoms with Gasteiger partial charge in [-0.05, 0) is 32.3 Å². The lowest BCUT2D eigenvalue weighted by molar-refractivity contribution is 0.0708. The molecule has 1 aromatic heterocycles. The summed E-state index contributed by atoms with van der Waals surface area (Å²) in [6, 6.07) is 1.65. The molecule has 0 aliphatic carbocycles. The molecule has 1 aromatic rings. The zero-order valence-electron chi connectivity index (χ0n) is 15.4. The quantitative estimate of drug-likeness (QED) is 0.705. The number of sulfone groups is 1. The molecule has 1 amide bonds. The highest BCUT2D eigenvalue weighted by atomic mass is 32.2. The van der Waals surface area contributed by atoms with Gasteiger partial charge >= 0.3 is 0 Å². The van der Waals surface area contributed by atoms with Crippen molar-refractivity contribution < 1.29 is 13.2 Å². The molecule has 1 unspecified atom stereocenters. The first-order valence-corrected chi connectivity index (χ1v) is 10.9. The highest BCUT2D eigenvalue weighted by molar-refractivity contribution is 7.91. The van der Waals surface area contributed by atoms with Crippen molar-refractivity contribution in [3.8, 4) is 0 Å². The van der Waals surface area contributed by atoms with Gasteiger partial charge in [0.15, 0.2) is 9.84 Å². The molecule has 0 radical (unpaired) electrons. The molecule has 0 bridgehead atoms. The standard InChI is InChI=1S/C18H29N3O3S/c1-4-8-20(9-5-2)17-11-15(12-19-13-17)18(22)21(6-3)16-7-10-25(23,24)14-16/h11-13,16H,4-10,14H2,1-3H3. The van der Waals surface area contributed by atoms with Crippen molar-refractivity contribution in [2.45, 2.75) is 46.1 Å². The normalized spacial score (nSPS) is 18.9. The molecule has 140 valence electrons. The molecule has 0 N–H and O–H groups in total. The first-order chi connectivity index (χ1) is 11.9. The lowest BCUT2D eigenvalue weighted by Crippen LogP contribution is -2.41. The van der Waals surface area contributed by atoms with Crippen molar-refractivity contribution in [3.05, 3.63) is 24.0 Å². The van der Waals surface area contributed by atoms with E-state index < -0.39 is 9.84 Å². The van der Waals surface area contributed by atoms with Crippen molar-refractivity contribution in [2.75, 3.05) is 36.0 Å². The van der Waals surface area contributed by atoms with Gasteiger partial charge < -0.3 is 9.80 Å². The lowest BCUT2D eigenvalue weighted by Gasteiger charge is -2.28. The molecular weight excluding hydrogens is 338 g/mol. The van der Waals surface area contributed by atoms with Gasteiger partial charge in [-0.1, -0.05) is 13.8 Å². The zero-order chi connectivity index (χ0) is 18.4. The summed E-state index contributed by atoms with van der Waals surface area (Å²) in [5, 5.41) is 0.